The highest BCUT2D eigenvalue weighted by Gasteiger charge is 2.30. The molecule has 0 saturated carbocycles. The first-order valence-corrected chi connectivity index (χ1v) is 12.3. The van der Waals surface area contributed by atoms with Gasteiger partial charge in [0.05, 0.1) is 28.6 Å². The molecular formula is C23H23ClF4N4O5S. The van der Waals surface area contributed by atoms with E-state index in [1.807, 2.05) is 6.92 Å². The molecule has 0 aliphatic rings. The molecule has 0 unspecified atom stereocenters. The summed E-state index contributed by atoms with van der Waals surface area (Å²) in [6.07, 6.45) is -5.80. The average molecular weight is 579 g/mol. The predicted molar refractivity (Wildman–Crippen MR) is 131 cm³/mol. The highest BCUT2D eigenvalue weighted by Crippen LogP contribution is 2.36. The summed E-state index contributed by atoms with van der Waals surface area (Å²) < 4.78 is 64.2. The number of hydrogen-bond acceptors (Lipinski definition) is 7. The minimum Gasteiger partial charge on any atom is -0.462 e. The normalized spacial score (nSPS) is 11.3. The van der Waals surface area contributed by atoms with Crippen molar-refractivity contribution in [1.29, 1.82) is 0 Å². The van der Waals surface area contributed by atoms with Gasteiger partial charge in [-0.3, -0.25) is 14.3 Å². The Morgan fingerprint density at radius 1 is 1.21 bits per heavy atom. The maximum absolute atomic E-state index is 13.4. The van der Waals surface area contributed by atoms with Crippen molar-refractivity contribution in [1.82, 2.24) is 14.7 Å². The third kappa shape index (κ3) is 6.01. The zero-order valence-corrected chi connectivity index (χ0v) is 22.2. The molecule has 3 heterocycles. The summed E-state index contributed by atoms with van der Waals surface area (Å²) >= 11 is 6.54. The Balaban J connectivity index is 1.88. The van der Waals surface area contributed by atoms with Gasteiger partial charge in [-0.05, 0) is 31.0 Å². The van der Waals surface area contributed by atoms with Gasteiger partial charge in [0.15, 0.2) is 5.76 Å². The fourth-order valence-electron chi connectivity index (χ4n) is 3.36. The first-order chi connectivity index (χ1) is 17.9. The molecule has 3 aromatic rings. The van der Waals surface area contributed by atoms with E-state index in [2.05, 4.69) is 10.4 Å². The number of aromatic nitrogens is 2. The highest BCUT2D eigenvalue weighted by molar-refractivity contribution is 7.18. The van der Waals surface area contributed by atoms with Crippen molar-refractivity contribution in [2.24, 2.45) is 0 Å². The number of furan rings is 1. The number of thiophene rings is 1. The van der Waals surface area contributed by atoms with Gasteiger partial charge >= 0.3 is 5.97 Å². The molecule has 0 atom stereocenters. The van der Waals surface area contributed by atoms with E-state index in [9.17, 15) is 31.9 Å². The van der Waals surface area contributed by atoms with Crippen LogP contribution in [0.4, 0.5) is 22.6 Å². The molecule has 0 fully saturated rings. The van der Waals surface area contributed by atoms with Crippen molar-refractivity contribution in [2.75, 3.05) is 26.0 Å². The Kier molecular flexibility index (Phi) is 9.20. The van der Waals surface area contributed by atoms with Gasteiger partial charge in [-0.2, -0.15) is 5.10 Å². The van der Waals surface area contributed by atoms with E-state index >= 15 is 0 Å². The van der Waals surface area contributed by atoms with Gasteiger partial charge in [-0.1, -0.05) is 18.5 Å². The van der Waals surface area contributed by atoms with Gasteiger partial charge in [-0.15, -0.1) is 11.3 Å². The maximum atomic E-state index is 13.4. The number of esters is 1. The van der Waals surface area contributed by atoms with Crippen LogP contribution in [0.25, 0.3) is 0 Å². The second kappa shape index (κ2) is 12.0. The number of hydrogen-bond donors (Lipinski definition) is 1. The van der Waals surface area contributed by atoms with Crippen LogP contribution < -0.4 is 5.32 Å². The van der Waals surface area contributed by atoms with Crippen LogP contribution in [0.2, 0.25) is 5.02 Å². The number of nitrogens with one attached hydrogen (secondary N) is 1. The first-order valence-electron chi connectivity index (χ1n) is 11.1. The number of amides is 2. The van der Waals surface area contributed by atoms with E-state index in [0.717, 1.165) is 11.3 Å². The van der Waals surface area contributed by atoms with Crippen LogP contribution >= 0.6 is 22.9 Å². The number of anilines is 1. The largest absolute Gasteiger partial charge is 0.462 e. The number of alkyl halides is 4. The predicted octanol–water partition coefficient (Wildman–Crippen LogP) is 5.94. The smallest absolute Gasteiger partial charge is 0.341 e. The van der Waals surface area contributed by atoms with Crippen molar-refractivity contribution in [3.63, 3.8) is 0 Å². The summed E-state index contributed by atoms with van der Waals surface area (Å²) in [5, 5.41) is 5.18. The van der Waals surface area contributed by atoms with Gasteiger partial charge in [0, 0.05) is 14.1 Å². The van der Waals surface area contributed by atoms with E-state index in [4.69, 9.17) is 20.8 Å². The molecule has 1 N–H and O–H groups in total. The van der Waals surface area contributed by atoms with E-state index in [1.54, 1.807) is 6.92 Å². The summed E-state index contributed by atoms with van der Waals surface area (Å²) in [7, 11) is 3.07. The minimum atomic E-state index is -3.19. The van der Waals surface area contributed by atoms with Crippen LogP contribution in [0.5, 0.6) is 0 Å². The van der Waals surface area contributed by atoms with Gasteiger partial charge in [0.1, 0.15) is 22.1 Å². The Bertz CT molecular complexity index is 1350. The molecule has 0 bridgehead atoms. The molecule has 0 aliphatic heterocycles. The topological polar surface area (TPSA) is 107 Å². The summed E-state index contributed by atoms with van der Waals surface area (Å²) in [5.41, 5.74) is -1.56. The maximum Gasteiger partial charge on any atom is 0.341 e. The van der Waals surface area contributed by atoms with E-state index in [0.29, 0.717) is 16.7 Å². The van der Waals surface area contributed by atoms with Crippen molar-refractivity contribution in [3.05, 3.63) is 56.1 Å². The molecule has 0 saturated heterocycles. The summed E-state index contributed by atoms with van der Waals surface area (Å²) in [4.78, 5) is 39.7. The second-order valence-corrected chi connectivity index (χ2v) is 9.56. The summed E-state index contributed by atoms with van der Waals surface area (Å²) in [6, 6.07) is 2.51. The third-order valence-corrected chi connectivity index (χ3v) is 6.76. The lowest BCUT2D eigenvalue weighted by atomic mass is 10.1. The number of carbonyl (C=O) groups excluding carboxylic acids is 3. The van der Waals surface area contributed by atoms with E-state index in [-0.39, 0.29) is 39.5 Å². The molecular weight excluding hydrogens is 556 g/mol. The monoisotopic (exact) mass is 578 g/mol. The lowest BCUT2D eigenvalue weighted by Crippen LogP contribution is -2.21. The molecule has 0 radical (unpaired) electrons. The van der Waals surface area contributed by atoms with Crippen LogP contribution in [0.15, 0.2) is 16.5 Å². The van der Waals surface area contributed by atoms with Gasteiger partial charge < -0.3 is 19.4 Å². The lowest BCUT2D eigenvalue weighted by Gasteiger charge is -2.09. The van der Waals surface area contributed by atoms with Crippen LogP contribution in [0.3, 0.4) is 0 Å². The molecule has 38 heavy (non-hydrogen) atoms. The fraction of sp³-hybridized carbons (Fsp3) is 0.391. The van der Waals surface area contributed by atoms with Crippen LogP contribution in [-0.4, -0.2) is 53.2 Å². The number of nitrogens with zero attached hydrogens (tertiary/aromatic N) is 3. The lowest BCUT2D eigenvalue weighted by molar-refractivity contribution is 0.0506. The molecule has 0 aromatic carbocycles. The SMILES string of the molecule is CCCOC(=O)c1c(NC(=O)c2ccc(Cn3nc(C(F)F)c(Cl)c3C(F)F)o2)sc(C(=O)N(C)C)c1C. The quantitative estimate of drug-likeness (QED) is 0.236. The van der Waals surface area contributed by atoms with Gasteiger partial charge in [0.25, 0.3) is 24.7 Å². The fourth-order valence-corrected chi connectivity index (χ4v) is 4.87. The van der Waals surface area contributed by atoms with E-state index < -0.39 is 47.7 Å². The second-order valence-electron chi connectivity index (χ2n) is 8.16. The highest BCUT2D eigenvalue weighted by atomic mass is 35.5. The summed E-state index contributed by atoms with van der Waals surface area (Å²) in [5.74, 6) is -2.24. The Morgan fingerprint density at radius 3 is 2.47 bits per heavy atom. The molecule has 15 heteroatoms. The van der Waals surface area contributed by atoms with Gasteiger partial charge in [0.2, 0.25) is 0 Å². The van der Waals surface area contributed by atoms with Crippen LogP contribution in [0.1, 0.15) is 79.5 Å². The molecule has 206 valence electrons. The molecule has 2 amide bonds. The van der Waals surface area contributed by atoms with Crippen LogP contribution in [-0.2, 0) is 11.3 Å². The van der Waals surface area contributed by atoms with Crippen molar-refractivity contribution < 1.29 is 41.1 Å². The Hall–Kier alpha value is -3.39. The first kappa shape index (κ1) is 29.2. The van der Waals surface area contributed by atoms with E-state index in [1.165, 1.54) is 31.1 Å². The molecule has 0 aliphatic carbocycles. The minimum absolute atomic E-state index is 0.0149. The number of halogens is 5. The summed E-state index contributed by atoms with van der Waals surface area (Å²) in [6.45, 7) is 2.99. The zero-order chi connectivity index (χ0) is 28.3. The number of carbonyl (C=O) groups is 3. The number of ether oxygens (including phenoxy) is 1. The standard InChI is InChI=1S/C23H23ClF4N4O5S/c1-5-8-36-23(35)13-10(2)17(22(34)31(3)4)38-21(13)29-20(33)12-7-6-11(37-12)9-32-16(19(27)28)14(24)15(30-32)18(25)26/h6-7,18-19H,5,8-9H2,1-4H3,(H,29,33). The third-order valence-electron chi connectivity index (χ3n) is 5.18. The molecule has 9 nitrogen and oxygen atoms in total. The van der Waals surface area contributed by atoms with Crippen molar-refractivity contribution in [2.45, 2.75) is 39.7 Å². The van der Waals surface area contributed by atoms with Crippen molar-refractivity contribution in [3.8, 4) is 0 Å². The Labute approximate surface area is 223 Å². The van der Waals surface area contributed by atoms with Crippen molar-refractivity contribution >= 4 is 45.7 Å². The average Bonchev–Trinajstić information content (AvgIpc) is 3.53. The molecule has 3 aromatic heterocycles. The van der Waals surface area contributed by atoms with Gasteiger partial charge in [-0.25, -0.2) is 22.4 Å². The molecule has 3 rings (SSSR count). The number of rotatable bonds is 10. The van der Waals surface area contributed by atoms with Crippen LogP contribution in [0, 0.1) is 6.92 Å². The molecule has 0 spiro atoms. The zero-order valence-electron chi connectivity index (χ0n) is 20.6. The Morgan fingerprint density at radius 2 is 1.89 bits per heavy atom.